The van der Waals surface area contributed by atoms with Gasteiger partial charge in [-0.3, -0.25) is 4.79 Å². The second-order valence-electron chi connectivity index (χ2n) is 4.07. The van der Waals surface area contributed by atoms with Gasteiger partial charge in [0.2, 0.25) is 0 Å². The number of hydrogen-bond acceptors (Lipinski definition) is 4. The van der Waals surface area contributed by atoms with E-state index in [2.05, 4.69) is 25.9 Å². The van der Waals surface area contributed by atoms with Crippen molar-refractivity contribution in [3.05, 3.63) is 57.0 Å². The van der Waals surface area contributed by atoms with Gasteiger partial charge in [0.25, 0.3) is 5.56 Å². The Hall–Kier alpha value is -1.66. The number of aromatic amines is 1. The maximum Gasteiger partial charge on any atom is 0.267 e. The number of nitrogens with one attached hydrogen (secondary N) is 1. The second kappa shape index (κ2) is 6.49. The van der Waals surface area contributed by atoms with Crippen LogP contribution in [0.15, 0.2) is 45.9 Å². The molecule has 6 heteroatoms. The molecule has 3 N–H and O–H groups in total. The van der Waals surface area contributed by atoms with Crippen LogP contribution in [0.1, 0.15) is 5.56 Å². The predicted octanol–water partition coefficient (Wildman–Crippen LogP) is 1.50. The standard InChI is InChI=1S/C13H15BrN4O/c14-11-12(16-9-17-13(11)19)18(7-6-15)8-10-4-2-1-3-5-10/h1-5,9H,6-8,15H2,(H,16,17,19). The molecule has 0 unspecified atom stereocenters. The third-order valence-corrected chi connectivity index (χ3v) is 3.41. The van der Waals surface area contributed by atoms with Crippen LogP contribution in [0.5, 0.6) is 0 Å². The number of hydrogen-bond donors (Lipinski definition) is 2. The second-order valence-corrected chi connectivity index (χ2v) is 4.86. The van der Waals surface area contributed by atoms with Crippen molar-refractivity contribution in [2.75, 3.05) is 18.0 Å². The van der Waals surface area contributed by atoms with E-state index < -0.39 is 0 Å². The van der Waals surface area contributed by atoms with Crippen LogP contribution in [-0.2, 0) is 6.54 Å². The van der Waals surface area contributed by atoms with Crippen LogP contribution in [-0.4, -0.2) is 23.1 Å². The summed E-state index contributed by atoms with van der Waals surface area (Å²) in [4.78, 5) is 20.3. The zero-order chi connectivity index (χ0) is 13.7. The summed E-state index contributed by atoms with van der Waals surface area (Å²) >= 11 is 3.28. The molecule has 19 heavy (non-hydrogen) atoms. The molecule has 5 nitrogen and oxygen atoms in total. The van der Waals surface area contributed by atoms with Crippen LogP contribution in [0.3, 0.4) is 0 Å². The number of H-pyrrole nitrogens is 1. The van der Waals surface area contributed by atoms with E-state index in [1.54, 1.807) is 0 Å². The van der Waals surface area contributed by atoms with Crippen molar-refractivity contribution in [1.82, 2.24) is 9.97 Å². The summed E-state index contributed by atoms with van der Waals surface area (Å²) in [7, 11) is 0. The molecule has 0 atom stereocenters. The Bertz CT molecular complexity index is 585. The van der Waals surface area contributed by atoms with Crippen molar-refractivity contribution in [1.29, 1.82) is 0 Å². The molecule has 1 heterocycles. The molecule has 0 aliphatic rings. The van der Waals surface area contributed by atoms with Crippen LogP contribution in [0.25, 0.3) is 0 Å². The van der Waals surface area contributed by atoms with Crippen molar-refractivity contribution in [3.63, 3.8) is 0 Å². The average molecular weight is 323 g/mol. The monoisotopic (exact) mass is 322 g/mol. The first kappa shape index (κ1) is 13.8. The SMILES string of the molecule is NCCN(Cc1ccccc1)c1nc[nH]c(=O)c1Br. The minimum Gasteiger partial charge on any atom is -0.350 e. The van der Waals surface area contributed by atoms with E-state index in [-0.39, 0.29) is 5.56 Å². The highest BCUT2D eigenvalue weighted by Gasteiger charge is 2.13. The lowest BCUT2D eigenvalue weighted by molar-refractivity contribution is 0.768. The lowest BCUT2D eigenvalue weighted by Crippen LogP contribution is -2.31. The highest BCUT2D eigenvalue weighted by molar-refractivity contribution is 9.10. The van der Waals surface area contributed by atoms with Gasteiger partial charge in [-0.2, -0.15) is 0 Å². The predicted molar refractivity (Wildman–Crippen MR) is 79.1 cm³/mol. The molecule has 0 radical (unpaired) electrons. The summed E-state index contributed by atoms with van der Waals surface area (Å²) in [5, 5.41) is 0. The molecule has 0 amide bonds. The van der Waals surface area contributed by atoms with Gasteiger partial charge in [0.05, 0.1) is 6.33 Å². The zero-order valence-corrected chi connectivity index (χ0v) is 11.9. The summed E-state index contributed by atoms with van der Waals surface area (Å²) < 4.78 is 0.430. The minimum absolute atomic E-state index is 0.194. The van der Waals surface area contributed by atoms with E-state index in [9.17, 15) is 4.79 Å². The van der Waals surface area contributed by atoms with E-state index in [0.717, 1.165) is 5.56 Å². The molecule has 0 aliphatic carbocycles. The summed E-state index contributed by atoms with van der Waals surface area (Å²) in [6, 6.07) is 10.00. The Morgan fingerprint density at radius 3 is 2.74 bits per heavy atom. The highest BCUT2D eigenvalue weighted by Crippen LogP contribution is 2.20. The Morgan fingerprint density at radius 1 is 1.32 bits per heavy atom. The zero-order valence-electron chi connectivity index (χ0n) is 10.3. The lowest BCUT2D eigenvalue weighted by atomic mass is 10.2. The molecule has 0 saturated carbocycles. The lowest BCUT2D eigenvalue weighted by Gasteiger charge is -2.23. The number of aromatic nitrogens is 2. The summed E-state index contributed by atoms with van der Waals surface area (Å²) in [5.74, 6) is 0.609. The van der Waals surface area contributed by atoms with Gasteiger partial charge >= 0.3 is 0 Å². The van der Waals surface area contributed by atoms with Crippen LogP contribution in [0.4, 0.5) is 5.82 Å². The Labute approximate surface area is 119 Å². The van der Waals surface area contributed by atoms with Crippen LogP contribution < -0.4 is 16.2 Å². The fourth-order valence-corrected chi connectivity index (χ4v) is 2.28. The molecule has 0 spiro atoms. The summed E-state index contributed by atoms with van der Waals surface area (Å²) in [6.07, 6.45) is 1.40. The molecule has 100 valence electrons. The van der Waals surface area contributed by atoms with Crippen LogP contribution in [0, 0.1) is 0 Å². The van der Waals surface area contributed by atoms with Crippen molar-refractivity contribution in [2.24, 2.45) is 5.73 Å². The first-order valence-corrected chi connectivity index (χ1v) is 6.74. The van der Waals surface area contributed by atoms with E-state index in [0.29, 0.717) is 29.9 Å². The first-order valence-electron chi connectivity index (χ1n) is 5.94. The van der Waals surface area contributed by atoms with E-state index in [1.807, 2.05) is 35.2 Å². The van der Waals surface area contributed by atoms with Crippen molar-refractivity contribution in [2.45, 2.75) is 6.54 Å². The fraction of sp³-hybridized carbons (Fsp3) is 0.231. The topological polar surface area (TPSA) is 75.0 Å². The van der Waals surface area contributed by atoms with Gasteiger partial charge in [0.1, 0.15) is 4.47 Å². The molecular weight excluding hydrogens is 308 g/mol. The molecule has 0 aliphatic heterocycles. The Kier molecular flexibility index (Phi) is 4.70. The third-order valence-electron chi connectivity index (χ3n) is 2.69. The molecular formula is C13H15BrN4O. The number of halogens is 1. The molecule has 1 aromatic carbocycles. The largest absolute Gasteiger partial charge is 0.350 e. The smallest absolute Gasteiger partial charge is 0.267 e. The van der Waals surface area contributed by atoms with Crippen molar-refractivity contribution < 1.29 is 0 Å². The van der Waals surface area contributed by atoms with Crippen molar-refractivity contribution >= 4 is 21.7 Å². The number of anilines is 1. The number of nitrogens with two attached hydrogens (primary N) is 1. The molecule has 2 aromatic rings. The van der Waals surface area contributed by atoms with E-state index in [1.165, 1.54) is 6.33 Å². The molecule has 0 saturated heterocycles. The molecule has 0 fully saturated rings. The Morgan fingerprint density at radius 2 is 2.05 bits per heavy atom. The fourth-order valence-electron chi connectivity index (χ4n) is 1.81. The van der Waals surface area contributed by atoms with Gasteiger partial charge in [0, 0.05) is 19.6 Å². The number of rotatable bonds is 5. The van der Waals surface area contributed by atoms with Crippen LogP contribution >= 0.6 is 15.9 Å². The van der Waals surface area contributed by atoms with Gasteiger partial charge < -0.3 is 15.6 Å². The normalized spacial score (nSPS) is 10.4. The summed E-state index contributed by atoms with van der Waals surface area (Å²) in [6.45, 7) is 1.78. The van der Waals surface area contributed by atoms with Gasteiger partial charge in [-0.25, -0.2) is 4.98 Å². The Balaban J connectivity index is 2.30. The van der Waals surface area contributed by atoms with Crippen LogP contribution in [0.2, 0.25) is 0 Å². The molecule has 0 bridgehead atoms. The third kappa shape index (κ3) is 3.42. The average Bonchev–Trinajstić information content (AvgIpc) is 2.43. The summed E-state index contributed by atoms with van der Waals surface area (Å²) in [5.41, 5.74) is 6.59. The quantitative estimate of drug-likeness (QED) is 0.874. The van der Waals surface area contributed by atoms with Gasteiger partial charge in [-0.05, 0) is 21.5 Å². The van der Waals surface area contributed by atoms with Gasteiger partial charge in [-0.15, -0.1) is 0 Å². The van der Waals surface area contributed by atoms with E-state index >= 15 is 0 Å². The van der Waals surface area contributed by atoms with Gasteiger partial charge in [-0.1, -0.05) is 30.3 Å². The van der Waals surface area contributed by atoms with Gasteiger partial charge in [0.15, 0.2) is 5.82 Å². The number of nitrogens with zero attached hydrogens (tertiary/aromatic N) is 2. The van der Waals surface area contributed by atoms with E-state index in [4.69, 9.17) is 5.73 Å². The molecule has 2 rings (SSSR count). The maximum absolute atomic E-state index is 11.6. The molecule has 1 aromatic heterocycles. The maximum atomic E-state index is 11.6. The van der Waals surface area contributed by atoms with Crippen molar-refractivity contribution in [3.8, 4) is 0 Å². The number of benzene rings is 1. The minimum atomic E-state index is -0.194. The first-order chi connectivity index (χ1) is 9.22. The highest BCUT2D eigenvalue weighted by atomic mass is 79.9.